The molecule has 0 amide bonds. The van der Waals surface area contributed by atoms with Gasteiger partial charge in [-0.1, -0.05) is 28.1 Å². The van der Waals surface area contributed by atoms with Crippen molar-refractivity contribution in [3.05, 3.63) is 97.6 Å². The molecule has 1 aromatic carbocycles. The van der Waals surface area contributed by atoms with Gasteiger partial charge in [-0.25, -0.2) is 9.78 Å². The number of fused-ring (bicyclic) bond motifs is 1. The molecule has 0 aliphatic heterocycles. The zero-order valence-electron chi connectivity index (χ0n) is 13.6. The fraction of sp³-hybridized carbons (Fsp3) is 0.105. The van der Waals surface area contributed by atoms with E-state index in [1.165, 1.54) is 6.26 Å². The summed E-state index contributed by atoms with van der Waals surface area (Å²) in [5.41, 5.74) is 0.907. The van der Waals surface area contributed by atoms with E-state index in [0.717, 1.165) is 14.6 Å². The largest absolute Gasteiger partial charge is 0.467 e. The van der Waals surface area contributed by atoms with Gasteiger partial charge in [-0.2, -0.15) is 0 Å². The Bertz CT molecular complexity index is 1180. The Hall–Kier alpha value is -2.93. The van der Waals surface area contributed by atoms with Gasteiger partial charge in [0.05, 0.1) is 24.9 Å². The minimum Gasteiger partial charge on any atom is -0.467 e. The lowest BCUT2D eigenvalue weighted by atomic mass is 10.2. The van der Waals surface area contributed by atoms with E-state index in [0.29, 0.717) is 17.8 Å². The van der Waals surface area contributed by atoms with Gasteiger partial charge in [-0.05, 0) is 42.0 Å². The highest BCUT2D eigenvalue weighted by atomic mass is 79.9. The number of hydrogen-bond donors (Lipinski definition) is 0. The number of pyridine rings is 1. The highest BCUT2D eigenvalue weighted by Gasteiger charge is 2.15. The second kappa shape index (κ2) is 6.76. The van der Waals surface area contributed by atoms with Crippen molar-refractivity contribution < 1.29 is 4.42 Å². The van der Waals surface area contributed by atoms with Crippen molar-refractivity contribution in [1.29, 1.82) is 0 Å². The van der Waals surface area contributed by atoms with Gasteiger partial charge in [0, 0.05) is 10.7 Å². The fourth-order valence-corrected chi connectivity index (χ4v) is 3.13. The van der Waals surface area contributed by atoms with E-state index in [1.54, 1.807) is 35.0 Å². The average molecular weight is 412 g/mol. The van der Waals surface area contributed by atoms with Crippen molar-refractivity contribution in [3.63, 3.8) is 0 Å². The molecule has 0 saturated carbocycles. The molecule has 0 bridgehead atoms. The van der Waals surface area contributed by atoms with Crippen molar-refractivity contribution >= 4 is 27.0 Å². The predicted molar refractivity (Wildman–Crippen MR) is 101 cm³/mol. The maximum absolute atomic E-state index is 13.0. The smallest absolute Gasteiger partial charge is 0.332 e. The fourth-order valence-electron chi connectivity index (χ4n) is 2.87. The molecule has 0 radical (unpaired) electrons. The molecule has 7 heteroatoms. The summed E-state index contributed by atoms with van der Waals surface area (Å²) in [4.78, 5) is 30.0. The van der Waals surface area contributed by atoms with Crippen LogP contribution in [0.25, 0.3) is 11.0 Å². The van der Waals surface area contributed by atoms with E-state index < -0.39 is 11.2 Å². The van der Waals surface area contributed by atoms with Gasteiger partial charge < -0.3 is 4.42 Å². The molecule has 0 aliphatic rings. The Morgan fingerprint density at radius 2 is 1.77 bits per heavy atom. The molecule has 130 valence electrons. The molecule has 0 saturated heterocycles. The summed E-state index contributed by atoms with van der Waals surface area (Å²) in [6.45, 7) is 0.407. The normalized spacial score (nSPS) is 11.1. The van der Waals surface area contributed by atoms with Gasteiger partial charge in [0.25, 0.3) is 5.56 Å². The van der Waals surface area contributed by atoms with Crippen LogP contribution in [0, 0.1) is 0 Å². The van der Waals surface area contributed by atoms with Gasteiger partial charge >= 0.3 is 5.69 Å². The van der Waals surface area contributed by atoms with Crippen LogP contribution in [0.5, 0.6) is 0 Å². The summed E-state index contributed by atoms with van der Waals surface area (Å²) in [6.07, 6.45) is 3.06. The van der Waals surface area contributed by atoms with E-state index in [4.69, 9.17) is 4.42 Å². The first kappa shape index (κ1) is 16.5. The molecule has 0 aliphatic carbocycles. The van der Waals surface area contributed by atoms with Gasteiger partial charge in [0.2, 0.25) is 0 Å². The van der Waals surface area contributed by atoms with Gasteiger partial charge in [0.1, 0.15) is 5.76 Å². The zero-order valence-corrected chi connectivity index (χ0v) is 15.2. The second-order valence-electron chi connectivity index (χ2n) is 5.84. The summed E-state index contributed by atoms with van der Waals surface area (Å²) < 4.78 is 8.98. The molecule has 0 spiro atoms. The minimum atomic E-state index is -0.422. The first-order valence-electron chi connectivity index (χ1n) is 7.98. The van der Waals surface area contributed by atoms with Crippen LogP contribution >= 0.6 is 15.9 Å². The number of hydrogen-bond acceptors (Lipinski definition) is 4. The van der Waals surface area contributed by atoms with Crippen molar-refractivity contribution in [2.24, 2.45) is 0 Å². The predicted octanol–water partition coefficient (Wildman–Crippen LogP) is 3.01. The second-order valence-corrected chi connectivity index (χ2v) is 6.75. The van der Waals surface area contributed by atoms with Crippen LogP contribution < -0.4 is 11.2 Å². The highest BCUT2D eigenvalue weighted by Crippen LogP contribution is 2.13. The lowest BCUT2D eigenvalue weighted by Gasteiger charge is -2.13. The van der Waals surface area contributed by atoms with Crippen LogP contribution in [0.3, 0.4) is 0 Å². The molecular weight excluding hydrogens is 398 g/mol. The molecule has 0 unspecified atom stereocenters. The zero-order chi connectivity index (χ0) is 18.1. The lowest BCUT2D eigenvalue weighted by Crippen LogP contribution is -2.40. The number of nitrogens with zero attached hydrogens (tertiary/aromatic N) is 3. The highest BCUT2D eigenvalue weighted by molar-refractivity contribution is 9.10. The topological polar surface area (TPSA) is 70.0 Å². The van der Waals surface area contributed by atoms with Crippen molar-refractivity contribution in [3.8, 4) is 0 Å². The molecule has 6 nitrogen and oxygen atoms in total. The summed E-state index contributed by atoms with van der Waals surface area (Å²) in [6, 6.07) is 14.6. The van der Waals surface area contributed by atoms with Gasteiger partial charge in [0.15, 0.2) is 5.52 Å². The van der Waals surface area contributed by atoms with Crippen molar-refractivity contribution in [2.45, 2.75) is 13.1 Å². The average Bonchev–Trinajstić information content (AvgIpc) is 3.17. The van der Waals surface area contributed by atoms with E-state index >= 15 is 0 Å². The summed E-state index contributed by atoms with van der Waals surface area (Å²) in [5, 5.41) is 0. The van der Waals surface area contributed by atoms with Crippen LogP contribution in [0.4, 0.5) is 0 Å². The van der Waals surface area contributed by atoms with Crippen LogP contribution in [0.15, 0.2) is 79.5 Å². The molecule has 26 heavy (non-hydrogen) atoms. The van der Waals surface area contributed by atoms with Crippen LogP contribution in [0.1, 0.15) is 11.3 Å². The van der Waals surface area contributed by atoms with E-state index in [9.17, 15) is 9.59 Å². The number of aromatic nitrogens is 3. The summed E-state index contributed by atoms with van der Waals surface area (Å²) >= 11 is 3.41. The van der Waals surface area contributed by atoms with Gasteiger partial charge in [-0.15, -0.1) is 0 Å². The lowest BCUT2D eigenvalue weighted by molar-refractivity contribution is 0.479. The Kier molecular flexibility index (Phi) is 4.30. The van der Waals surface area contributed by atoms with E-state index in [2.05, 4.69) is 20.9 Å². The molecule has 0 atom stereocenters. The first-order chi connectivity index (χ1) is 12.6. The van der Waals surface area contributed by atoms with Crippen LogP contribution in [0.2, 0.25) is 0 Å². The Balaban J connectivity index is 1.91. The Labute approximate surface area is 156 Å². The molecule has 4 rings (SSSR count). The van der Waals surface area contributed by atoms with Crippen molar-refractivity contribution in [1.82, 2.24) is 14.1 Å². The Morgan fingerprint density at radius 1 is 0.962 bits per heavy atom. The molecule has 0 N–H and O–H groups in total. The number of furan rings is 1. The maximum Gasteiger partial charge on any atom is 0.332 e. The third-order valence-electron chi connectivity index (χ3n) is 4.13. The maximum atomic E-state index is 13.0. The van der Waals surface area contributed by atoms with E-state index in [1.807, 2.05) is 24.3 Å². The molecular formula is C19H14BrN3O3. The number of benzene rings is 1. The Morgan fingerprint density at radius 3 is 2.50 bits per heavy atom. The van der Waals surface area contributed by atoms with Gasteiger partial charge in [-0.3, -0.25) is 13.9 Å². The summed E-state index contributed by atoms with van der Waals surface area (Å²) in [5.74, 6) is 0.537. The number of halogens is 1. The van der Waals surface area contributed by atoms with Crippen molar-refractivity contribution in [2.75, 3.05) is 0 Å². The monoisotopic (exact) mass is 411 g/mol. The van der Waals surface area contributed by atoms with E-state index in [-0.39, 0.29) is 12.1 Å². The molecule has 4 aromatic rings. The minimum absolute atomic E-state index is 0.0670. The molecule has 0 fully saturated rings. The van der Waals surface area contributed by atoms with Crippen LogP contribution in [-0.2, 0) is 13.1 Å². The summed E-state index contributed by atoms with van der Waals surface area (Å²) in [7, 11) is 0. The van der Waals surface area contributed by atoms with Crippen LogP contribution in [-0.4, -0.2) is 14.1 Å². The molecule has 3 aromatic heterocycles. The standard InChI is InChI=1S/C19H14BrN3O3/c20-14-7-5-13(6-8-14)11-22-16-4-1-9-21-17(16)18(24)23(19(22)25)12-15-3-2-10-26-15/h1-10H,11-12H2. The third-order valence-corrected chi connectivity index (χ3v) is 4.66. The molecule has 3 heterocycles. The SMILES string of the molecule is O=c1c2ncccc2n(Cc2ccc(Br)cc2)c(=O)n1Cc1ccco1. The number of rotatable bonds is 4. The first-order valence-corrected chi connectivity index (χ1v) is 8.78. The quantitative estimate of drug-likeness (QED) is 0.517. The third kappa shape index (κ3) is 3.01.